The molecule has 15 heavy (non-hydrogen) atoms. The van der Waals surface area contributed by atoms with Crippen LogP contribution in [0.15, 0.2) is 30.0 Å². The molecular formula is C10H13N3O2. The lowest BCUT2D eigenvalue weighted by Gasteiger charge is -2.02. The van der Waals surface area contributed by atoms with E-state index in [-0.39, 0.29) is 5.69 Å². The van der Waals surface area contributed by atoms with Gasteiger partial charge in [-0.05, 0) is 19.9 Å². The van der Waals surface area contributed by atoms with E-state index in [0.717, 1.165) is 5.57 Å². The van der Waals surface area contributed by atoms with Crippen molar-refractivity contribution in [3.63, 3.8) is 0 Å². The molecule has 0 bridgehead atoms. The highest BCUT2D eigenvalue weighted by molar-refractivity contribution is 5.55. The predicted octanol–water partition coefficient (Wildman–Crippen LogP) is 2.37. The Morgan fingerprint density at radius 1 is 1.67 bits per heavy atom. The van der Waals surface area contributed by atoms with Gasteiger partial charge in [-0.3, -0.25) is 10.1 Å². The summed E-state index contributed by atoms with van der Waals surface area (Å²) in [6.45, 7) is 4.48. The molecule has 5 nitrogen and oxygen atoms in total. The number of aromatic nitrogens is 1. The van der Waals surface area contributed by atoms with Crippen LogP contribution in [0.2, 0.25) is 0 Å². The fourth-order valence-corrected chi connectivity index (χ4v) is 1.03. The number of allylic oxidation sites excluding steroid dienone is 1. The minimum Gasteiger partial charge on any atom is -0.361 e. The third-order valence-electron chi connectivity index (χ3n) is 1.76. The number of anilines is 1. The first-order chi connectivity index (χ1) is 7.11. The van der Waals surface area contributed by atoms with Gasteiger partial charge in [0.05, 0.1) is 4.92 Å². The molecule has 1 N–H and O–H groups in total. The van der Waals surface area contributed by atoms with E-state index < -0.39 is 4.92 Å². The van der Waals surface area contributed by atoms with Crippen LogP contribution in [-0.4, -0.2) is 16.5 Å². The summed E-state index contributed by atoms with van der Waals surface area (Å²) < 4.78 is 0. The summed E-state index contributed by atoms with van der Waals surface area (Å²) in [6.07, 6.45) is 3.47. The van der Waals surface area contributed by atoms with Crippen LogP contribution in [0.25, 0.3) is 0 Å². The molecule has 0 aliphatic carbocycles. The minimum atomic E-state index is -0.447. The molecule has 0 aliphatic rings. The normalized spacial score (nSPS) is 9.47. The van der Waals surface area contributed by atoms with Gasteiger partial charge in [-0.1, -0.05) is 11.6 Å². The molecule has 0 saturated carbocycles. The van der Waals surface area contributed by atoms with Crippen molar-refractivity contribution in [1.29, 1.82) is 0 Å². The highest BCUT2D eigenvalue weighted by Crippen LogP contribution is 2.19. The molecule has 1 aromatic heterocycles. The van der Waals surface area contributed by atoms with Gasteiger partial charge in [0.25, 0.3) is 0 Å². The van der Waals surface area contributed by atoms with Crippen LogP contribution in [0, 0.1) is 10.1 Å². The highest BCUT2D eigenvalue weighted by Gasteiger charge is 2.12. The van der Waals surface area contributed by atoms with Crippen molar-refractivity contribution < 1.29 is 4.92 Å². The topological polar surface area (TPSA) is 68.1 Å². The molecule has 0 saturated heterocycles. The third kappa shape index (κ3) is 3.38. The second-order valence-electron chi connectivity index (χ2n) is 3.29. The number of hydrogen-bond donors (Lipinski definition) is 1. The first-order valence-corrected chi connectivity index (χ1v) is 4.58. The van der Waals surface area contributed by atoms with Crippen LogP contribution < -0.4 is 5.32 Å². The van der Waals surface area contributed by atoms with Crippen molar-refractivity contribution in [1.82, 2.24) is 4.98 Å². The summed E-state index contributed by atoms with van der Waals surface area (Å²) in [5, 5.41) is 13.5. The Morgan fingerprint density at radius 3 is 3.00 bits per heavy atom. The van der Waals surface area contributed by atoms with Crippen molar-refractivity contribution in [2.75, 3.05) is 11.9 Å². The van der Waals surface area contributed by atoms with Crippen LogP contribution >= 0.6 is 0 Å². The molecule has 1 aromatic rings. The monoisotopic (exact) mass is 207 g/mol. The van der Waals surface area contributed by atoms with Crippen molar-refractivity contribution in [2.45, 2.75) is 13.8 Å². The quantitative estimate of drug-likeness (QED) is 0.467. The molecule has 0 radical (unpaired) electrons. The lowest BCUT2D eigenvalue weighted by atomic mass is 10.3. The summed E-state index contributed by atoms with van der Waals surface area (Å²) in [5.41, 5.74) is 1.15. The Kier molecular flexibility index (Phi) is 3.79. The zero-order valence-corrected chi connectivity index (χ0v) is 8.73. The number of rotatable bonds is 4. The predicted molar refractivity (Wildman–Crippen MR) is 58.8 cm³/mol. The van der Waals surface area contributed by atoms with Crippen LogP contribution in [-0.2, 0) is 0 Å². The molecule has 0 unspecified atom stereocenters. The van der Waals surface area contributed by atoms with Gasteiger partial charge < -0.3 is 5.32 Å². The van der Waals surface area contributed by atoms with Crippen molar-refractivity contribution in [3.05, 3.63) is 40.1 Å². The number of nitro groups is 1. The largest absolute Gasteiger partial charge is 0.361 e. The Balaban J connectivity index is 2.76. The Hall–Kier alpha value is -1.91. The molecule has 0 fully saturated rings. The van der Waals surface area contributed by atoms with E-state index in [1.54, 1.807) is 6.07 Å². The number of nitrogens with one attached hydrogen (secondary N) is 1. The summed E-state index contributed by atoms with van der Waals surface area (Å²) in [4.78, 5) is 14.1. The van der Waals surface area contributed by atoms with Gasteiger partial charge in [-0.25, -0.2) is 4.98 Å². The number of nitrogens with zero attached hydrogens (tertiary/aromatic N) is 2. The van der Waals surface area contributed by atoms with Gasteiger partial charge >= 0.3 is 5.69 Å². The van der Waals surface area contributed by atoms with Crippen LogP contribution in [0.5, 0.6) is 0 Å². The maximum atomic E-state index is 10.6. The van der Waals surface area contributed by atoms with Gasteiger partial charge in [0, 0.05) is 18.8 Å². The lowest BCUT2D eigenvalue weighted by molar-refractivity contribution is -0.384. The van der Waals surface area contributed by atoms with Gasteiger partial charge in [-0.2, -0.15) is 0 Å². The summed E-state index contributed by atoms with van der Waals surface area (Å²) in [5.74, 6) is 0.306. The van der Waals surface area contributed by atoms with E-state index >= 15 is 0 Å². The third-order valence-corrected chi connectivity index (χ3v) is 1.76. The molecule has 1 heterocycles. The summed E-state index contributed by atoms with van der Waals surface area (Å²) in [6, 6.07) is 2.97. The van der Waals surface area contributed by atoms with Crippen molar-refractivity contribution in [3.8, 4) is 0 Å². The standard InChI is InChI=1S/C10H13N3O2/c1-8(2)5-7-12-10-9(13(14)15)4-3-6-11-10/h3-6H,7H2,1-2H3,(H,11,12). The van der Waals surface area contributed by atoms with E-state index in [9.17, 15) is 10.1 Å². The molecule has 0 aliphatic heterocycles. The van der Waals surface area contributed by atoms with E-state index in [1.165, 1.54) is 12.3 Å². The molecule has 0 spiro atoms. The van der Waals surface area contributed by atoms with E-state index in [1.807, 2.05) is 19.9 Å². The van der Waals surface area contributed by atoms with Crippen molar-refractivity contribution >= 4 is 11.5 Å². The molecule has 5 heteroatoms. The average molecular weight is 207 g/mol. The van der Waals surface area contributed by atoms with E-state index in [0.29, 0.717) is 12.4 Å². The molecule has 1 rings (SSSR count). The van der Waals surface area contributed by atoms with Crippen molar-refractivity contribution in [2.24, 2.45) is 0 Å². The zero-order chi connectivity index (χ0) is 11.3. The highest BCUT2D eigenvalue weighted by atomic mass is 16.6. The second kappa shape index (κ2) is 5.09. The van der Waals surface area contributed by atoms with Gasteiger partial charge in [0.1, 0.15) is 0 Å². The maximum Gasteiger partial charge on any atom is 0.311 e. The molecular weight excluding hydrogens is 194 g/mol. The first-order valence-electron chi connectivity index (χ1n) is 4.58. The minimum absolute atomic E-state index is 0.000318. The Morgan fingerprint density at radius 2 is 2.40 bits per heavy atom. The summed E-state index contributed by atoms with van der Waals surface area (Å²) in [7, 11) is 0. The Bertz CT molecular complexity index is 384. The molecule has 0 amide bonds. The van der Waals surface area contributed by atoms with Gasteiger partial charge in [0.2, 0.25) is 5.82 Å². The SMILES string of the molecule is CC(C)=CCNc1ncccc1[N+](=O)[O-]. The van der Waals surface area contributed by atoms with Gasteiger partial charge in [0.15, 0.2) is 0 Å². The van der Waals surface area contributed by atoms with Crippen LogP contribution in [0.4, 0.5) is 11.5 Å². The molecule has 80 valence electrons. The number of hydrogen-bond acceptors (Lipinski definition) is 4. The average Bonchev–Trinajstić information content (AvgIpc) is 2.17. The van der Waals surface area contributed by atoms with E-state index in [2.05, 4.69) is 10.3 Å². The fraction of sp³-hybridized carbons (Fsp3) is 0.300. The lowest BCUT2D eigenvalue weighted by Crippen LogP contribution is -2.04. The van der Waals surface area contributed by atoms with Crippen LogP contribution in [0.3, 0.4) is 0 Å². The number of pyridine rings is 1. The second-order valence-corrected chi connectivity index (χ2v) is 3.29. The van der Waals surface area contributed by atoms with E-state index in [4.69, 9.17) is 0 Å². The molecule has 0 atom stereocenters. The fourth-order valence-electron chi connectivity index (χ4n) is 1.03. The Labute approximate surface area is 88.0 Å². The zero-order valence-electron chi connectivity index (χ0n) is 8.73. The molecule has 0 aromatic carbocycles. The van der Waals surface area contributed by atoms with Gasteiger partial charge in [-0.15, -0.1) is 0 Å². The smallest absolute Gasteiger partial charge is 0.311 e. The summed E-state index contributed by atoms with van der Waals surface area (Å²) >= 11 is 0. The maximum absolute atomic E-state index is 10.6. The first kappa shape index (κ1) is 11.2. The van der Waals surface area contributed by atoms with Crippen LogP contribution in [0.1, 0.15) is 13.8 Å².